The molecular formula is C12H16N2O5. The van der Waals surface area contributed by atoms with Crippen molar-refractivity contribution in [3.05, 3.63) is 28.3 Å². The maximum Gasteiger partial charge on any atom is 0.311 e. The van der Waals surface area contributed by atoms with Crippen LogP contribution in [0.25, 0.3) is 0 Å². The van der Waals surface area contributed by atoms with Crippen LogP contribution in [0.3, 0.4) is 0 Å². The molecule has 1 aromatic rings. The van der Waals surface area contributed by atoms with E-state index in [0.717, 1.165) is 5.69 Å². The van der Waals surface area contributed by atoms with Crippen LogP contribution in [0, 0.1) is 10.1 Å². The van der Waals surface area contributed by atoms with Crippen LogP contribution in [-0.2, 0) is 4.79 Å². The van der Waals surface area contributed by atoms with Crippen LogP contribution in [0.5, 0.6) is 5.75 Å². The molecule has 0 spiro atoms. The Morgan fingerprint density at radius 2 is 2.21 bits per heavy atom. The minimum Gasteiger partial charge on any atom is -0.490 e. The molecule has 1 N–H and O–H groups in total. The molecule has 104 valence electrons. The zero-order chi connectivity index (χ0) is 14.4. The molecule has 0 bridgehead atoms. The van der Waals surface area contributed by atoms with Gasteiger partial charge in [0.05, 0.1) is 12.0 Å². The van der Waals surface area contributed by atoms with Gasteiger partial charge in [0.15, 0.2) is 5.75 Å². The first-order valence-corrected chi connectivity index (χ1v) is 5.71. The fraction of sp³-hybridized carbons (Fsp3) is 0.417. The Bertz CT molecular complexity index is 475. The highest BCUT2D eigenvalue weighted by Crippen LogP contribution is 2.30. The van der Waals surface area contributed by atoms with E-state index < -0.39 is 10.9 Å². The van der Waals surface area contributed by atoms with Crippen LogP contribution >= 0.6 is 0 Å². The van der Waals surface area contributed by atoms with Gasteiger partial charge in [-0.3, -0.25) is 14.9 Å². The summed E-state index contributed by atoms with van der Waals surface area (Å²) in [7, 11) is 3.17. The van der Waals surface area contributed by atoms with Crippen molar-refractivity contribution < 1.29 is 19.6 Å². The third-order valence-electron chi connectivity index (χ3n) is 2.68. The summed E-state index contributed by atoms with van der Waals surface area (Å²) in [5.74, 6) is -0.651. The summed E-state index contributed by atoms with van der Waals surface area (Å²) in [5, 5.41) is 19.3. The van der Waals surface area contributed by atoms with Crippen molar-refractivity contribution in [2.45, 2.75) is 12.8 Å². The van der Waals surface area contributed by atoms with Crippen molar-refractivity contribution in [2.75, 3.05) is 25.6 Å². The average molecular weight is 268 g/mol. The number of nitro groups is 1. The smallest absolute Gasteiger partial charge is 0.311 e. The van der Waals surface area contributed by atoms with Crippen molar-refractivity contribution in [2.24, 2.45) is 0 Å². The van der Waals surface area contributed by atoms with Gasteiger partial charge >= 0.3 is 11.7 Å². The van der Waals surface area contributed by atoms with E-state index in [2.05, 4.69) is 0 Å². The van der Waals surface area contributed by atoms with Gasteiger partial charge in [-0.2, -0.15) is 0 Å². The number of methoxy groups -OCH3 is 1. The summed E-state index contributed by atoms with van der Waals surface area (Å²) in [6.45, 7) is 0.549. The molecule has 7 nitrogen and oxygen atoms in total. The monoisotopic (exact) mass is 268 g/mol. The quantitative estimate of drug-likeness (QED) is 0.599. The third kappa shape index (κ3) is 4.13. The summed E-state index contributed by atoms with van der Waals surface area (Å²) in [5.41, 5.74) is 0.651. The molecule has 0 aliphatic rings. The fourth-order valence-electron chi connectivity index (χ4n) is 1.65. The molecule has 0 saturated carbocycles. The molecule has 1 aromatic carbocycles. The van der Waals surface area contributed by atoms with Gasteiger partial charge < -0.3 is 14.7 Å². The molecular weight excluding hydrogens is 252 g/mol. The summed E-state index contributed by atoms with van der Waals surface area (Å²) in [4.78, 5) is 22.5. The number of nitro benzene ring substituents is 1. The molecule has 0 heterocycles. The number of carbonyl (C=O) groups is 1. The van der Waals surface area contributed by atoms with Gasteiger partial charge in [-0.1, -0.05) is 0 Å². The van der Waals surface area contributed by atoms with Crippen LogP contribution in [-0.4, -0.2) is 36.7 Å². The SMILES string of the molecule is COc1cc(N(C)CCCC(=O)O)ccc1[N+](=O)[O-]. The number of carboxylic acids is 1. The number of hydrogen-bond acceptors (Lipinski definition) is 5. The molecule has 0 unspecified atom stereocenters. The Balaban J connectivity index is 2.78. The first-order valence-electron chi connectivity index (χ1n) is 5.71. The van der Waals surface area contributed by atoms with Gasteiger partial charge in [0.1, 0.15) is 0 Å². The highest BCUT2D eigenvalue weighted by atomic mass is 16.6. The maximum atomic E-state index is 10.8. The predicted octanol–water partition coefficient (Wildman–Crippen LogP) is 1.90. The van der Waals surface area contributed by atoms with E-state index in [-0.39, 0.29) is 17.9 Å². The highest BCUT2D eigenvalue weighted by Gasteiger charge is 2.15. The average Bonchev–Trinajstić information content (AvgIpc) is 2.37. The lowest BCUT2D eigenvalue weighted by molar-refractivity contribution is -0.385. The Morgan fingerprint density at radius 3 is 2.74 bits per heavy atom. The molecule has 0 atom stereocenters. The Hall–Kier alpha value is -2.31. The van der Waals surface area contributed by atoms with Crippen molar-refractivity contribution in [3.8, 4) is 5.75 Å². The molecule has 0 aliphatic carbocycles. The highest BCUT2D eigenvalue weighted by molar-refractivity contribution is 5.66. The van der Waals surface area contributed by atoms with Crippen LogP contribution in [0.2, 0.25) is 0 Å². The molecule has 7 heteroatoms. The first-order chi connectivity index (χ1) is 8.95. The molecule has 0 fully saturated rings. The van der Waals surface area contributed by atoms with E-state index in [1.165, 1.54) is 13.2 Å². The van der Waals surface area contributed by atoms with E-state index in [4.69, 9.17) is 9.84 Å². The minimum atomic E-state index is -0.838. The lowest BCUT2D eigenvalue weighted by Gasteiger charge is -2.19. The number of nitrogens with zero attached hydrogens (tertiary/aromatic N) is 2. The standard InChI is InChI=1S/C12H16N2O5/c1-13(7-3-4-12(15)16)9-5-6-10(14(17)18)11(8-9)19-2/h5-6,8H,3-4,7H2,1-2H3,(H,15,16). The van der Waals surface area contributed by atoms with E-state index in [9.17, 15) is 14.9 Å². The van der Waals surface area contributed by atoms with Crippen molar-refractivity contribution in [3.63, 3.8) is 0 Å². The van der Waals surface area contributed by atoms with Gasteiger partial charge in [-0.15, -0.1) is 0 Å². The van der Waals surface area contributed by atoms with Gasteiger partial charge in [-0.05, 0) is 12.5 Å². The summed E-state index contributed by atoms with van der Waals surface area (Å²) < 4.78 is 4.98. The van der Waals surface area contributed by atoms with E-state index in [1.54, 1.807) is 19.2 Å². The number of ether oxygens (including phenoxy) is 1. The lowest BCUT2D eigenvalue weighted by Crippen LogP contribution is -2.19. The minimum absolute atomic E-state index is 0.0917. The number of anilines is 1. The fourth-order valence-corrected chi connectivity index (χ4v) is 1.65. The number of carboxylic acid groups (broad SMARTS) is 1. The van der Waals surface area contributed by atoms with Crippen molar-refractivity contribution >= 4 is 17.3 Å². The molecule has 19 heavy (non-hydrogen) atoms. The summed E-state index contributed by atoms with van der Waals surface area (Å²) >= 11 is 0. The second-order valence-corrected chi connectivity index (χ2v) is 4.03. The number of aliphatic carboxylic acids is 1. The second-order valence-electron chi connectivity index (χ2n) is 4.03. The maximum absolute atomic E-state index is 10.8. The lowest BCUT2D eigenvalue weighted by atomic mass is 10.2. The van der Waals surface area contributed by atoms with Gasteiger partial charge in [0.25, 0.3) is 0 Å². The molecule has 0 aromatic heterocycles. The first kappa shape index (κ1) is 14.7. The number of hydrogen-bond donors (Lipinski definition) is 1. The van der Waals surface area contributed by atoms with Crippen molar-refractivity contribution in [1.82, 2.24) is 0 Å². The van der Waals surface area contributed by atoms with Crippen LogP contribution < -0.4 is 9.64 Å². The zero-order valence-corrected chi connectivity index (χ0v) is 10.8. The normalized spacial score (nSPS) is 10.0. The molecule has 0 aliphatic heterocycles. The number of benzene rings is 1. The molecule has 0 amide bonds. The van der Waals surface area contributed by atoms with E-state index in [0.29, 0.717) is 13.0 Å². The number of rotatable bonds is 7. The third-order valence-corrected chi connectivity index (χ3v) is 2.68. The summed E-state index contributed by atoms with van der Waals surface area (Å²) in [6, 6.07) is 4.56. The Labute approximate surface area is 110 Å². The van der Waals surface area contributed by atoms with Crippen LogP contribution in [0.15, 0.2) is 18.2 Å². The van der Waals surface area contributed by atoms with Crippen molar-refractivity contribution in [1.29, 1.82) is 0 Å². The molecule has 0 saturated heterocycles. The second kappa shape index (κ2) is 6.58. The summed E-state index contributed by atoms with van der Waals surface area (Å²) in [6.07, 6.45) is 0.597. The van der Waals surface area contributed by atoms with Gasteiger partial charge in [0, 0.05) is 37.8 Å². The Kier molecular flexibility index (Phi) is 5.11. The largest absolute Gasteiger partial charge is 0.490 e. The van der Waals surface area contributed by atoms with E-state index in [1.807, 2.05) is 4.90 Å². The molecule has 0 radical (unpaired) electrons. The van der Waals surface area contributed by atoms with Gasteiger partial charge in [0.2, 0.25) is 0 Å². The van der Waals surface area contributed by atoms with Gasteiger partial charge in [-0.25, -0.2) is 0 Å². The van der Waals surface area contributed by atoms with Crippen LogP contribution in [0.4, 0.5) is 11.4 Å². The Morgan fingerprint density at radius 1 is 1.53 bits per heavy atom. The topological polar surface area (TPSA) is 92.9 Å². The van der Waals surface area contributed by atoms with E-state index >= 15 is 0 Å². The van der Waals surface area contributed by atoms with Crippen LogP contribution in [0.1, 0.15) is 12.8 Å². The predicted molar refractivity (Wildman–Crippen MR) is 69.8 cm³/mol. The molecule has 1 rings (SSSR count). The zero-order valence-electron chi connectivity index (χ0n) is 10.8.